The van der Waals surface area contributed by atoms with Crippen molar-refractivity contribution in [3.8, 4) is 17.0 Å². The van der Waals surface area contributed by atoms with Gasteiger partial charge < -0.3 is 19.7 Å². The summed E-state index contributed by atoms with van der Waals surface area (Å²) >= 11 is 6.38. The Morgan fingerprint density at radius 1 is 1.00 bits per heavy atom. The van der Waals surface area contributed by atoms with Crippen LogP contribution in [0.3, 0.4) is 0 Å². The van der Waals surface area contributed by atoms with E-state index in [9.17, 15) is 9.59 Å². The van der Waals surface area contributed by atoms with E-state index in [1.807, 2.05) is 29.4 Å². The number of amides is 2. The van der Waals surface area contributed by atoms with Crippen LogP contribution in [-0.2, 0) is 9.53 Å². The summed E-state index contributed by atoms with van der Waals surface area (Å²) in [4.78, 5) is 32.4. The zero-order valence-corrected chi connectivity index (χ0v) is 26.3. The molecule has 3 saturated carbocycles. The molecule has 0 aliphatic heterocycles. The monoisotopic (exact) mass is 619 g/mol. The molecule has 0 spiro atoms. The second-order valence-electron chi connectivity index (χ2n) is 12.5. The van der Waals surface area contributed by atoms with Crippen LogP contribution in [0.15, 0.2) is 48.9 Å². The standard InChI is InChI=1S/C34H42ClN5O4/c1-36-34(42)44-30-14-10-24(11-15-30)33(41)39(29-5-3-4-25(16-29)27-19-38-40(21-27)28-12-13-28)20-22-6-8-23(9-7-22)26-17-31(35)32(43-2)37-18-26/h3-5,16-19,21-24,28,30H,6-15,20H2,1-2H3,(H,36,42). The fraction of sp³-hybridized carbons (Fsp3) is 0.529. The van der Waals surface area contributed by atoms with Crippen molar-refractivity contribution in [2.45, 2.75) is 82.3 Å². The molecule has 9 nitrogen and oxygen atoms in total. The first-order valence-corrected chi connectivity index (χ1v) is 16.3. The van der Waals surface area contributed by atoms with Crippen LogP contribution >= 0.6 is 11.6 Å². The number of nitrogens with zero attached hydrogens (tertiary/aromatic N) is 4. The zero-order chi connectivity index (χ0) is 30.6. The fourth-order valence-electron chi connectivity index (χ4n) is 6.81. The lowest BCUT2D eigenvalue weighted by Gasteiger charge is -2.36. The van der Waals surface area contributed by atoms with Crippen molar-refractivity contribution in [2.75, 3.05) is 25.6 Å². The lowest BCUT2D eigenvalue weighted by atomic mass is 9.78. The van der Waals surface area contributed by atoms with Gasteiger partial charge in [-0.3, -0.25) is 9.48 Å². The van der Waals surface area contributed by atoms with Gasteiger partial charge in [-0.15, -0.1) is 0 Å². The second-order valence-corrected chi connectivity index (χ2v) is 13.0. The highest BCUT2D eigenvalue weighted by molar-refractivity contribution is 6.31. The van der Waals surface area contributed by atoms with Crippen LogP contribution in [0, 0.1) is 11.8 Å². The van der Waals surface area contributed by atoms with Gasteiger partial charge in [0.25, 0.3) is 0 Å². The third-order valence-electron chi connectivity index (χ3n) is 9.56. The number of alkyl carbamates (subject to hydrolysis) is 1. The molecule has 2 heterocycles. The molecular weight excluding hydrogens is 578 g/mol. The molecule has 3 fully saturated rings. The van der Waals surface area contributed by atoms with Gasteiger partial charge in [0.2, 0.25) is 11.8 Å². The highest BCUT2D eigenvalue weighted by Gasteiger charge is 2.34. The molecule has 3 aliphatic carbocycles. The predicted octanol–water partition coefficient (Wildman–Crippen LogP) is 7.16. The summed E-state index contributed by atoms with van der Waals surface area (Å²) in [6.45, 7) is 0.687. The van der Waals surface area contributed by atoms with Gasteiger partial charge in [-0.1, -0.05) is 23.7 Å². The Balaban J connectivity index is 1.17. The minimum absolute atomic E-state index is 0.0929. The van der Waals surface area contributed by atoms with E-state index in [1.165, 1.54) is 12.8 Å². The van der Waals surface area contributed by atoms with Gasteiger partial charge in [-0.25, -0.2) is 9.78 Å². The number of carbonyl (C=O) groups is 2. The van der Waals surface area contributed by atoms with Crippen LogP contribution in [0.2, 0.25) is 5.02 Å². The minimum atomic E-state index is -0.411. The Morgan fingerprint density at radius 3 is 2.45 bits per heavy atom. The van der Waals surface area contributed by atoms with Crippen LogP contribution in [0.5, 0.6) is 5.88 Å². The van der Waals surface area contributed by atoms with Crippen molar-refractivity contribution >= 4 is 29.3 Å². The number of rotatable bonds is 9. The molecule has 10 heteroatoms. The van der Waals surface area contributed by atoms with Crippen molar-refractivity contribution in [2.24, 2.45) is 11.8 Å². The Labute approximate surface area is 264 Å². The van der Waals surface area contributed by atoms with Crippen molar-refractivity contribution in [3.05, 3.63) is 59.5 Å². The Bertz CT molecular complexity index is 1460. The third kappa shape index (κ3) is 7.04. The summed E-state index contributed by atoms with van der Waals surface area (Å²) < 4.78 is 12.8. The molecule has 1 N–H and O–H groups in total. The first-order chi connectivity index (χ1) is 21.4. The van der Waals surface area contributed by atoms with Gasteiger partial charge in [0.1, 0.15) is 11.1 Å². The summed E-state index contributed by atoms with van der Waals surface area (Å²) in [5.41, 5.74) is 4.23. The number of anilines is 1. The molecule has 2 aromatic heterocycles. The van der Waals surface area contributed by atoms with Crippen molar-refractivity contribution in [3.63, 3.8) is 0 Å². The van der Waals surface area contributed by atoms with Crippen molar-refractivity contribution < 1.29 is 19.1 Å². The SMILES string of the molecule is CNC(=O)OC1CCC(C(=O)N(CC2CCC(c3cnc(OC)c(Cl)c3)CC2)c2cccc(-c3cnn(C4CC4)c3)c2)CC1. The number of pyridine rings is 1. The lowest BCUT2D eigenvalue weighted by molar-refractivity contribution is -0.124. The Hall–Kier alpha value is -3.59. The van der Waals surface area contributed by atoms with Crippen LogP contribution in [0.25, 0.3) is 11.1 Å². The maximum absolute atomic E-state index is 14.2. The molecular formula is C34H42ClN5O4. The van der Waals surface area contributed by atoms with Gasteiger partial charge in [0, 0.05) is 43.2 Å². The number of carbonyl (C=O) groups excluding carboxylic acids is 2. The van der Waals surface area contributed by atoms with E-state index in [0.29, 0.717) is 61.0 Å². The van der Waals surface area contributed by atoms with Crippen LogP contribution < -0.4 is 15.0 Å². The highest BCUT2D eigenvalue weighted by atomic mass is 35.5. The molecule has 0 atom stereocenters. The molecule has 0 radical (unpaired) electrons. The van der Waals surface area contributed by atoms with E-state index < -0.39 is 6.09 Å². The number of ether oxygens (including phenoxy) is 2. The number of halogens is 1. The summed E-state index contributed by atoms with van der Waals surface area (Å²) in [5.74, 6) is 1.32. The molecule has 44 heavy (non-hydrogen) atoms. The van der Waals surface area contributed by atoms with E-state index >= 15 is 0 Å². The molecule has 0 saturated heterocycles. The predicted molar refractivity (Wildman–Crippen MR) is 170 cm³/mol. The van der Waals surface area contributed by atoms with Gasteiger partial charge in [0.15, 0.2) is 0 Å². The molecule has 3 aromatic rings. The van der Waals surface area contributed by atoms with Crippen LogP contribution in [-0.4, -0.2) is 53.6 Å². The number of methoxy groups -OCH3 is 1. The molecule has 3 aliphatic rings. The molecule has 1 aromatic carbocycles. The average Bonchev–Trinajstić information content (AvgIpc) is 3.79. The molecule has 2 amide bonds. The first-order valence-electron chi connectivity index (χ1n) is 16.0. The van der Waals surface area contributed by atoms with Gasteiger partial charge >= 0.3 is 6.09 Å². The van der Waals surface area contributed by atoms with Gasteiger partial charge in [-0.2, -0.15) is 5.10 Å². The zero-order valence-electron chi connectivity index (χ0n) is 25.6. The largest absolute Gasteiger partial charge is 0.480 e. The number of nitrogens with one attached hydrogen (secondary N) is 1. The van der Waals surface area contributed by atoms with E-state index in [2.05, 4.69) is 44.5 Å². The lowest BCUT2D eigenvalue weighted by Crippen LogP contribution is -2.42. The molecule has 0 bridgehead atoms. The summed E-state index contributed by atoms with van der Waals surface area (Å²) in [6.07, 6.45) is 14.7. The van der Waals surface area contributed by atoms with E-state index in [1.54, 1.807) is 14.2 Å². The number of aromatic nitrogens is 3. The van der Waals surface area contributed by atoms with Crippen LogP contribution in [0.1, 0.15) is 81.7 Å². The Morgan fingerprint density at radius 2 is 1.77 bits per heavy atom. The van der Waals surface area contributed by atoms with Crippen LogP contribution in [0.4, 0.5) is 10.5 Å². The van der Waals surface area contributed by atoms with E-state index in [0.717, 1.165) is 48.1 Å². The molecule has 234 valence electrons. The summed E-state index contributed by atoms with van der Waals surface area (Å²) in [5, 5.41) is 7.66. The molecule has 0 unspecified atom stereocenters. The third-order valence-corrected chi connectivity index (χ3v) is 9.83. The quantitative estimate of drug-likeness (QED) is 0.273. The number of benzene rings is 1. The second kappa shape index (κ2) is 13.6. The molecule has 6 rings (SSSR count). The highest BCUT2D eigenvalue weighted by Crippen LogP contribution is 2.40. The summed E-state index contributed by atoms with van der Waals surface area (Å²) in [7, 11) is 3.14. The normalized spacial score (nSPS) is 23.5. The van der Waals surface area contributed by atoms with Crippen molar-refractivity contribution in [1.29, 1.82) is 0 Å². The number of hydrogen-bond acceptors (Lipinski definition) is 6. The maximum atomic E-state index is 14.2. The fourth-order valence-corrected chi connectivity index (χ4v) is 7.06. The summed E-state index contributed by atoms with van der Waals surface area (Å²) in [6, 6.07) is 10.8. The average molecular weight is 620 g/mol. The van der Waals surface area contributed by atoms with Gasteiger partial charge in [-0.05, 0) is 105 Å². The Kier molecular flexibility index (Phi) is 9.40. The maximum Gasteiger partial charge on any atom is 0.407 e. The number of hydrogen-bond donors (Lipinski definition) is 1. The van der Waals surface area contributed by atoms with E-state index in [-0.39, 0.29) is 17.9 Å². The first kappa shape index (κ1) is 30.4. The topological polar surface area (TPSA) is 98.6 Å². The minimum Gasteiger partial charge on any atom is -0.480 e. The van der Waals surface area contributed by atoms with Gasteiger partial charge in [0.05, 0.1) is 19.3 Å². The van der Waals surface area contributed by atoms with E-state index in [4.69, 9.17) is 21.1 Å². The van der Waals surface area contributed by atoms with Crippen molar-refractivity contribution in [1.82, 2.24) is 20.1 Å². The smallest absolute Gasteiger partial charge is 0.407 e.